The molecule has 80 valence electrons. The van der Waals surface area contributed by atoms with Crippen LogP contribution in [0.5, 0.6) is 0 Å². The summed E-state index contributed by atoms with van der Waals surface area (Å²) in [5.74, 6) is -0.988. The first-order valence-electron chi connectivity index (χ1n) is 4.75. The van der Waals surface area contributed by atoms with Crippen LogP contribution >= 0.6 is 0 Å². The molecule has 1 aliphatic rings. The first-order valence-corrected chi connectivity index (χ1v) is 4.75. The first kappa shape index (κ1) is 11.0. The van der Waals surface area contributed by atoms with Crippen molar-refractivity contribution in [3.8, 4) is 0 Å². The van der Waals surface area contributed by atoms with Crippen LogP contribution in [-0.4, -0.2) is 46.1 Å². The van der Waals surface area contributed by atoms with Crippen molar-refractivity contribution in [1.29, 1.82) is 0 Å². The van der Waals surface area contributed by atoms with Gasteiger partial charge >= 0.3 is 5.97 Å². The molecule has 0 spiro atoms. The molecular formula is C9H17N2O3+. The molecule has 1 aliphatic heterocycles. The molecule has 0 saturated carbocycles. The number of aliphatic carboxylic acids is 1. The molecule has 0 fully saturated rings. The molecule has 0 aromatic carbocycles. The Labute approximate surface area is 83.4 Å². The van der Waals surface area contributed by atoms with Crippen molar-refractivity contribution in [1.82, 2.24) is 4.90 Å². The normalized spacial score (nSPS) is 26.5. The predicted octanol–water partition coefficient (Wildman–Crippen LogP) is 0.821. The Morgan fingerprint density at radius 2 is 2.36 bits per heavy atom. The van der Waals surface area contributed by atoms with E-state index >= 15 is 0 Å². The van der Waals surface area contributed by atoms with E-state index in [0.29, 0.717) is 13.2 Å². The molecule has 1 heterocycles. The molecule has 0 radical (unpaired) electrons. The van der Waals surface area contributed by atoms with Crippen LogP contribution in [0.3, 0.4) is 0 Å². The molecule has 0 saturated heterocycles. The van der Waals surface area contributed by atoms with Crippen molar-refractivity contribution < 1.29 is 19.8 Å². The molecule has 1 unspecified atom stereocenters. The Morgan fingerprint density at radius 3 is 2.79 bits per heavy atom. The van der Waals surface area contributed by atoms with E-state index in [1.54, 1.807) is 11.9 Å². The topological polar surface area (TPSA) is 60.8 Å². The highest BCUT2D eigenvalue weighted by Crippen LogP contribution is 2.20. The summed E-state index contributed by atoms with van der Waals surface area (Å²) in [5, 5.41) is 18.8. The summed E-state index contributed by atoms with van der Waals surface area (Å²) in [6, 6.07) is 0. The molecule has 5 nitrogen and oxygen atoms in total. The van der Waals surface area contributed by atoms with Crippen LogP contribution in [0, 0.1) is 0 Å². The molecule has 14 heavy (non-hydrogen) atoms. The fourth-order valence-corrected chi connectivity index (χ4v) is 1.60. The zero-order valence-corrected chi connectivity index (χ0v) is 8.60. The summed E-state index contributed by atoms with van der Waals surface area (Å²) in [4.78, 5) is 12.3. The van der Waals surface area contributed by atoms with E-state index in [1.807, 2.05) is 6.92 Å². The monoisotopic (exact) mass is 201 g/mol. The van der Waals surface area contributed by atoms with Gasteiger partial charge in [0.1, 0.15) is 6.54 Å². The van der Waals surface area contributed by atoms with E-state index in [0.717, 1.165) is 12.8 Å². The number of hydrogen-bond donors (Lipinski definition) is 2. The fourth-order valence-electron chi connectivity index (χ4n) is 1.60. The highest BCUT2D eigenvalue weighted by Gasteiger charge is 2.36. The highest BCUT2D eigenvalue weighted by molar-refractivity contribution is 5.85. The molecule has 0 aromatic rings. The van der Waals surface area contributed by atoms with Gasteiger partial charge in [-0.15, -0.1) is 4.65 Å². The summed E-state index contributed by atoms with van der Waals surface area (Å²) in [7, 11) is 1.67. The van der Waals surface area contributed by atoms with E-state index in [-0.39, 0.29) is 10.3 Å². The largest absolute Gasteiger partial charge is 0.476 e. The third-order valence-corrected chi connectivity index (χ3v) is 2.35. The quantitative estimate of drug-likeness (QED) is 0.661. The molecule has 0 bridgehead atoms. The van der Waals surface area contributed by atoms with Crippen LogP contribution in [0.15, 0.2) is 11.9 Å². The van der Waals surface area contributed by atoms with E-state index in [9.17, 15) is 10.0 Å². The van der Waals surface area contributed by atoms with Gasteiger partial charge in [0.25, 0.3) is 0 Å². The summed E-state index contributed by atoms with van der Waals surface area (Å²) in [5.41, 5.74) is 0.170. The van der Waals surface area contributed by atoms with Gasteiger partial charge in [-0.1, -0.05) is 13.3 Å². The summed E-state index contributed by atoms with van der Waals surface area (Å²) in [6.45, 7) is 2.92. The van der Waals surface area contributed by atoms with Crippen LogP contribution in [0.1, 0.15) is 19.8 Å². The minimum absolute atomic E-state index is 0.170. The SMILES string of the molecule is CCCC[N+]1(O)C=C(C(=O)O)N(C)C1. The lowest BCUT2D eigenvalue weighted by atomic mass is 10.3. The molecule has 1 rings (SSSR count). The number of likely N-dealkylation sites (N-methyl/N-ethyl adjacent to an activating group) is 1. The zero-order valence-electron chi connectivity index (χ0n) is 8.60. The number of carbonyl (C=O) groups is 1. The van der Waals surface area contributed by atoms with Crippen LogP contribution in [0.2, 0.25) is 0 Å². The van der Waals surface area contributed by atoms with Crippen LogP contribution in [-0.2, 0) is 4.79 Å². The summed E-state index contributed by atoms with van der Waals surface area (Å²) in [6.07, 6.45) is 3.27. The van der Waals surface area contributed by atoms with Crippen molar-refractivity contribution >= 4 is 5.97 Å². The van der Waals surface area contributed by atoms with E-state index in [2.05, 4.69) is 0 Å². The van der Waals surface area contributed by atoms with Crippen LogP contribution in [0.25, 0.3) is 0 Å². The summed E-state index contributed by atoms with van der Waals surface area (Å²) >= 11 is 0. The number of unbranched alkanes of at least 4 members (excludes halogenated alkanes) is 1. The third-order valence-electron chi connectivity index (χ3n) is 2.35. The maximum Gasteiger partial charge on any atom is 0.358 e. The number of nitrogens with zero attached hydrogens (tertiary/aromatic N) is 2. The number of rotatable bonds is 4. The second kappa shape index (κ2) is 3.98. The fraction of sp³-hybridized carbons (Fsp3) is 0.667. The van der Waals surface area contributed by atoms with Crippen LogP contribution in [0.4, 0.5) is 0 Å². The van der Waals surface area contributed by atoms with Crippen molar-refractivity contribution in [3.05, 3.63) is 11.9 Å². The summed E-state index contributed by atoms with van der Waals surface area (Å²) < 4.78 is -0.286. The highest BCUT2D eigenvalue weighted by atomic mass is 16.5. The second-order valence-electron chi connectivity index (χ2n) is 3.72. The number of carboxylic acids is 1. The van der Waals surface area contributed by atoms with E-state index in [1.165, 1.54) is 6.20 Å². The van der Waals surface area contributed by atoms with Gasteiger partial charge in [-0.3, -0.25) is 0 Å². The van der Waals surface area contributed by atoms with E-state index in [4.69, 9.17) is 5.11 Å². The molecular weight excluding hydrogens is 184 g/mol. The van der Waals surface area contributed by atoms with Crippen molar-refractivity contribution in [2.75, 3.05) is 20.3 Å². The predicted molar refractivity (Wildman–Crippen MR) is 50.2 cm³/mol. The Kier molecular flexibility index (Phi) is 3.13. The molecule has 0 aromatic heterocycles. The van der Waals surface area contributed by atoms with Gasteiger partial charge in [0, 0.05) is 7.05 Å². The Morgan fingerprint density at radius 1 is 1.71 bits per heavy atom. The number of hydrogen-bond acceptors (Lipinski definition) is 3. The van der Waals surface area contributed by atoms with Gasteiger partial charge in [0.05, 0.1) is 0 Å². The van der Waals surface area contributed by atoms with Gasteiger partial charge in [-0.2, -0.15) is 0 Å². The zero-order chi connectivity index (χ0) is 10.8. The lowest BCUT2D eigenvalue weighted by molar-refractivity contribution is -1.06. The van der Waals surface area contributed by atoms with Gasteiger partial charge in [0.15, 0.2) is 18.6 Å². The number of hydroxylamine groups is 3. The van der Waals surface area contributed by atoms with Crippen molar-refractivity contribution in [2.45, 2.75) is 19.8 Å². The number of carboxylic acid groups (broad SMARTS) is 1. The average Bonchev–Trinajstić information content (AvgIpc) is 2.39. The van der Waals surface area contributed by atoms with Crippen molar-refractivity contribution in [3.63, 3.8) is 0 Å². The Bertz CT molecular complexity index is 265. The smallest absolute Gasteiger partial charge is 0.358 e. The first-order chi connectivity index (χ1) is 6.48. The molecule has 5 heteroatoms. The molecule has 0 amide bonds. The standard InChI is InChI=1S/C9H16N2O3/c1-3-4-5-11(14)6-8(9(12)13)10(2)7-11/h6,14H,3-5,7H2,1-2H3/p+1. The lowest BCUT2D eigenvalue weighted by Gasteiger charge is -2.22. The average molecular weight is 201 g/mol. The maximum atomic E-state index is 10.7. The number of quaternary nitrogens is 1. The minimum atomic E-state index is -0.988. The third kappa shape index (κ3) is 2.24. The van der Waals surface area contributed by atoms with E-state index < -0.39 is 5.97 Å². The van der Waals surface area contributed by atoms with Gasteiger partial charge in [-0.25, -0.2) is 10.0 Å². The van der Waals surface area contributed by atoms with Crippen molar-refractivity contribution in [2.24, 2.45) is 0 Å². The van der Waals surface area contributed by atoms with Gasteiger partial charge in [-0.05, 0) is 6.42 Å². The van der Waals surface area contributed by atoms with Crippen LogP contribution < -0.4 is 0 Å². The minimum Gasteiger partial charge on any atom is -0.476 e. The maximum absolute atomic E-state index is 10.7. The molecule has 1 atom stereocenters. The lowest BCUT2D eigenvalue weighted by Crippen LogP contribution is -2.41. The Balaban J connectivity index is 2.71. The molecule has 0 aliphatic carbocycles. The second-order valence-corrected chi connectivity index (χ2v) is 3.72. The molecule has 2 N–H and O–H groups in total. The van der Waals surface area contributed by atoms with Gasteiger partial charge in [0.2, 0.25) is 0 Å². The van der Waals surface area contributed by atoms with Gasteiger partial charge < -0.3 is 10.0 Å². The Hall–Kier alpha value is -1.07.